The van der Waals surface area contributed by atoms with E-state index in [9.17, 15) is 4.79 Å². The van der Waals surface area contributed by atoms with E-state index in [-0.39, 0.29) is 11.9 Å². The maximum absolute atomic E-state index is 13.0. The molecule has 4 rings (SSSR count). The molecule has 2 aromatic heterocycles. The Kier molecular flexibility index (Phi) is 5.39. The SMILES string of the molecule is COCc1c(C(=O)NC2CCCCC2)cnc2c(-c3ccccc3)c(C)nn12. The second kappa shape index (κ2) is 8.10. The van der Waals surface area contributed by atoms with Crippen molar-refractivity contribution < 1.29 is 9.53 Å². The van der Waals surface area contributed by atoms with Crippen molar-refractivity contribution in [3.8, 4) is 11.1 Å². The predicted molar refractivity (Wildman–Crippen MR) is 108 cm³/mol. The molecule has 3 aromatic rings. The van der Waals surface area contributed by atoms with Gasteiger partial charge in [0.25, 0.3) is 5.91 Å². The molecule has 1 aliphatic rings. The number of hydrogen-bond acceptors (Lipinski definition) is 4. The van der Waals surface area contributed by atoms with Crippen LogP contribution < -0.4 is 5.32 Å². The zero-order valence-electron chi connectivity index (χ0n) is 16.4. The highest BCUT2D eigenvalue weighted by Gasteiger charge is 2.23. The molecule has 1 amide bonds. The first kappa shape index (κ1) is 18.6. The minimum Gasteiger partial charge on any atom is -0.378 e. The van der Waals surface area contributed by atoms with E-state index in [1.807, 2.05) is 37.3 Å². The second-order valence-electron chi connectivity index (χ2n) is 7.42. The lowest BCUT2D eigenvalue weighted by atomic mass is 9.95. The Balaban J connectivity index is 1.76. The lowest BCUT2D eigenvalue weighted by Crippen LogP contribution is -2.37. The number of fused-ring (bicyclic) bond motifs is 1. The van der Waals surface area contributed by atoms with Crippen LogP contribution in [0.3, 0.4) is 0 Å². The lowest BCUT2D eigenvalue weighted by Gasteiger charge is -2.23. The molecule has 0 bridgehead atoms. The van der Waals surface area contributed by atoms with Crippen LogP contribution in [0.25, 0.3) is 16.8 Å². The topological polar surface area (TPSA) is 68.5 Å². The summed E-state index contributed by atoms with van der Waals surface area (Å²) in [5.41, 5.74) is 4.92. The molecule has 6 heteroatoms. The van der Waals surface area contributed by atoms with E-state index in [4.69, 9.17) is 9.84 Å². The number of amides is 1. The summed E-state index contributed by atoms with van der Waals surface area (Å²) in [7, 11) is 1.63. The molecule has 0 saturated heterocycles. The van der Waals surface area contributed by atoms with Gasteiger partial charge in [-0.15, -0.1) is 0 Å². The van der Waals surface area contributed by atoms with E-state index in [0.29, 0.717) is 12.2 Å². The zero-order chi connectivity index (χ0) is 19.5. The minimum atomic E-state index is -0.0947. The van der Waals surface area contributed by atoms with Crippen molar-refractivity contribution in [3.05, 3.63) is 53.5 Å². The molecule has 1 aliphatic carbocycles. The molecule has 1 fully saturated rings. The van der Waals surface area contributed by atoms with Crippen molar-refractivity contribution in [3.63, 3.8) is 0 Å². The smallest absolute Gasteiger partial charge is 0.255 e. The number of aromatic nitrogens is 3. The molecular weight excluding hydrogens is 352 g/mol. The van der Waals surface area contributed by atoms with Gasteiger partial charge in [-0.2, -0.15) is 5.10 Å². The summed E-state index contributed by atoms with van der Waals surface area (Å²) in [5.74, 6) is -0.0947. The van der Waals surface area contributed by atoms with Gasteiger partial charge in [0.05, 0.1) is 23.6 Å². The second-order valence-corrected chi connectivity index (χ2v) is 7.42. The molecule has 6 nitrogen and oxygen atoms in total. The van der Waals surface area contributed by atoms with Crippen molar-refractivity contribution in [2.24, 2.45) is 0 Å². The normalized spacial score (nSPS) is 15.1. The van der Waals surface area contributed by atoms with Crippen LogP contribution in [0.5, 0.6) is 0 Å². The summed E-state index contributed by atoms with van der Waals surface area (Å²) < 4.78 is 7.16. The van der Waals surface area contributed by atoms with Gasteiger partial charge in [0.15, 0.2) is 5.65 Å². The predicted octanol–water partition coefficient (Wildman–Crippen LogP) is 3.91. The monoisotopic (exact) mass is 378 g/mol. The maximum Gasteiger partial charge on any atom is 0.255 e. The van der Waals surface area contributed by atoms with Gasteiger partial charge in [-0.1, -0.05) is 49.6 Å². The van der Waals surface area contributed by atoms with Crippen LogP contribution in [0.15, 0.2) is 36.5 Å². The van der Waals surface area contributed by atoms with E-state index >= 15 is 0 Å². The van der Waals surface area contributed by atoms with Crippen molar-refractivity contribution in [2.75, 3.05) is 7.11 Å². The average molecular weight is 378 g/mol. The summed E-state index contributed by atoms with van der Waals surface area (Å²) in [4.78, 5) is 17.6. The molecule has 0 unspecified atom stereocenters. The number of hydrogen-bond donors (Lipinski definition) is 1. The van der Waals surface area contributed by atoms with E-state index in [1.54, 1.807) is 17.8 Å². The first-order valence-corrected chi connectivity index (χ1v) is 9.91. The Hall–Kier alpha value is -2.73. The van der Waals surface area contributed by atoms with Crippen molar-refractivity contribution >= 4 is 11.6 Å². The fourth-order valence-corrected chi connectivity index (χ4v) is 4.05. The van der Waals surface area contributed by atoms with Crippen LogP contribution in [-0.2, 0) is 11.3 Å². The van der Waals surface area contributed by atoms with Gasteiger partial charge in [-0.05, 0) is 25.3 Å². The fraction of sp³-hybridized carbons (Fsp3) is 0.409. The average Bonchev–Trinajstić information content (AvgIpc) is 3.06. The van der Waals surface area contributed by atoms with Crippen molar-refractivity contribution in [2.45, 2.75) is 51.7 Å². The van der Waals surface area contributed by atoms with Crippen molar-refractivity contribution in [1.82, 2.24) is 19.9 Å². The number of nitrogens with one attached hydrogen (secondary N) is 1. The Labute approximate surface area is 164 Å². The third kappa shape index (κ3) is 3.52. The first-order valence-electron chi connectivity index (χ1n) is 9.91. The third-order valence-electron chi connectivity index (χ3n) is 5.45. The van der Waals surface area contributed by atoms with Crippen LogP contribution in [0.1, 0.15) is 53.8 Å². The number of benzene rings is 1. The van der Waals surface area contributed by atoms with Gasteiger partial charge in [0.2, 0.25) is 0 Å². The Morgan fingerprint density at radius 1 is 1.21 bits per heavy atom. The maximum atomic E-state index is 13.0. The molecule has 1 aromatic carbocycles. The largest absolute Gasteiger partial charge is 0.378 e. The minimum absolute atomic E-state index is 0.0947. The Morgan fingerprint density at radius 3 is 2.68 bits per heavy atom. The van der Waals surface area contributed by atoms with Gasteiger partial charge in [-0.25, -0.2) is 9.50 Å². The highest BCUT2D eigenvalue weighted by atomic mass is 16.5. The molecule has 0 radical (unpaired) electrons. The highest BCUT2D eigenvalue weighted by molar-refractivity contribution is 5.96. The molecule has 0 aliphatic heterocycles. The summed E-state index contributed by atoms with van der Waals surface area (Å²) in [5, 5.41) is 7.87. The van der Waals surface area contributed by atoms with Gasteiger partial charge in [0, 0.05) is 24.9 Å². The number of rotatable bonds is 5. The van der Waals surface area contributed by atoms with Crippen LogP contribution in [-0.4, -0.2) is 33.7 Å². The van der Waals surface area contributed by atoms with Crippen molar-refractivity contribution in [1.29, 1.82) is 0 Å². The number of nitrogens with zero attached hydrogens (tertiary/aromatic N) is 3. The summed E-state index contributed by atoms with van der Waals surface area (Å²) >= 11 is 0. The third-order valence-corrected chi connectivity index (χ3v) is 5.45. The quantitative estimate of drug-likeness (QED) is 0.731. The van der Waals surface area contributed by atoms with Gasteiger partial charge >= 0.3 is 0 Å². The molecule has 28 heavy (non-hydrogen) atoms. The number of methoxy groups -OCH3 is 1. The molecule has 0 atom stereocenters. The molecule has 2 heterocycles. The van der Waals surface area contributed by atoms with Crippen LogP contribution >= 0.6 is 0 Å². The van der Waals surface area contributed by atoms with E-state index in [0.717, 1.165) is 41.0 Å². The molecule has 0 spiro atoms. The number of ether oxygens (including phenoxy) is 1. The number of carbonyl (C=O) groups is 1. The number of carbonyl (C=O) groups excluding carboxylic acids is 1. The van der Waals surface area contributed by atoms with Crippen LogP contribution in [0.2, 0.25) is 0 Å². The Morgan fingerprint density at radius 2 is 1.96 bits per heavy atom. The van der Waals surface area contributed by atoms with Crippen LogP contribution in [0.4, 0.5) is 0 Å². The van der Waals surface area contributed by atoms with E-state index in [2.05, 4.69) is 10.3 Å². The van der Waals surface area contributed by atoms with Gasteiger partial charge in [-0.3, -0.25) is 4.79 Å². The van der Waals surface area contributed by atoms with Gasteiger partial charge in [0.1, 0.15) is 0 Å². The Bertz CT molecular complexity index is 975. The molecule has 146 valence electrons. The molecular formula is C22H26N4O2. The fourth-order valence-electron chi connectivity index (χ4n) is 4.05. The number of aryl methyl sites for hydroxylation is 1. The highest BCUT2D eigenvalue weighted by Crippen LogP contribution is 2.28. The lowest BCUT2D eigenvalue weighted by molar-refractivity contribution is 0.0920. The van der Waals surface area contributed by atoms with Crippen LogP contribution in [0, 0.1) is 6.92 Å². The van der Waals surface area contributed by atoms with E-state index < -0.39 is 0 Å². The van der Waals surface area contributed by atoms with Gasteiger partial charge < -0.3 is 10.1 Å². The molecule has 1 saturated carbocycles. The summed E-state index contributed by atoms with van der Waals surface area (Å²) in [6.07, 6.45) is 7.34. The summed E-state index contributed by atoms with van der Waals surface area (Å²) in [6, 6.07) is 10.3. The zero-order valence-corrected chi connectivity index (χ0v) is 16.4. The first-order chi connectivity index (χ1) is 13.7. The summed E-state index contributed by atoms with van der Waals surface area (Å²) in [6.45, 7) is 2.26. The standard InChI is InChI=1S/C22H26N4O2/c1-15-20(16-9-5-3-6-10-16)21-23-13-18(19(14-28-2)26(21)25-15)22(27)24-17-11-7-4-8-12-17/h3,5-6,9-10,13,17H,4,7-8,11-12,14H2,1-2H3,(H,24,27). The van der Waals surface area contributed by atoms with E-state index in [1.165, 1.54) is 19.3 Å². The molecule has 1 N–H and O–H groups in total.